The second-order valence-electron chi connectivity index (χ2n) is 2.69. The number of nitrogens with zero attached hydrogens (tertiary/aromatic N) is 3. The van der Waals surface area contributed by atoms with Gasteiger partial charge in [0, 0.05) is 7.05 Å². The molecule has 0 radical (unpaired) electrons. The first-order valence-corrected chi connectivity index (χ1v) is 5.19. The highest BCUT2D eigenvalue weighted by molar-refractivity contribution is 7.97. The lowest BCUT2D eigenvalue weighted by Gasteiger charge is -1.97. The van der Waals surface area contributed by atoms with E-state index in [0.29, 0.717) is 5.82 Å². The maximum Gasteiger partial charge on any atom is 0.253 e. The Morgan fingerprint density at radius 3 is 2.86 bits per heavy atom. The minimum Gasteiger partial charge on any atom is -0.306 e. The molecule has 2 aromatic heterocycles. The molecular formula is C8H7N3OS2. The zero-order valence-electron chi connectivity index (χ0n) is 7.34. The van der Waals surface area contributed by atoms with Gasteiger partial charge in [-0.05, 0) is 11.4 Å². The van der Waals surface area contributed by atoms with Crippen LogP contribution in [0.2, 0.25) is 0 Å². The molecule has 0 fully saturated rings. The Hall–Kier alpha value is -1.14. The van der Waals surface area contributed by atoms with Crippen LogP contribution in [0, 0.1) is 0 Å². The van der Waals surface area contributed by atoms with Gasteiger partial charge in [0.05, 0.1) is 4.88 Å². The van der Waals surface area contributed by atoms with E-state index in [4.69, 9.17) is 0 Å². The van der Waals surface area contributed by atoms with E-state index >= 15 is 0 Å². The minimum atomic E-state index is -0.372. The molecule has 0 aromatic carbocycles. The van der Waals surface area contributed by atoms with E-state index in [2.05, 4.69) is 22.8 Å². The van der Waals surface area contributed by atoms with Crippen molar-refractivity contribution >= 4 is 29.1 Å². The standard InChI is InChI=1S/C8H7N3OS2/c1-11-6(5-3-2-4-14-5)9-10-7(11)8(12)13/h2-4H,1H3,(H,12,13). The van der Waals surface area contributed by atoms with Gasteiger partial charge < -0.3 is 4.57 Å². The van der Waals surface area contributed by atoms with E-state index in [0.717, 1.165) is 4.88 Å². The average Bonchev–Trinajstić information content (AvgIpc) is 2.71. The summed E-state index contributed by atoms with van der Waals surface area (Å²) >= 11 is 5.26. The van der Waals surface area contributed by atoms with Crippen molar-refractivity contribution in [2.45, 2.75) is 0 Å². The van der Waals surface area contributed by atoms with Crippen LogP contribution in [0.1, 0.15) is 10.6 Å². The van der Waals surface area contributed by atoms with E-state index in [-0.39, 0.29) is 10.9 Å². The Kier molecular flexibility index (Phi) is 2.39. The fourth-order valence-corrected chi connectivity index (χ4v) is 2.07. The number of thiol groups is 1. The molecule has 0 aliphatic heterocycles. The normalized spacial score (nSPS) is 10.4. The molecule has 2 heterocycles. The highest BCUT2D eigenvalue weighted by Gasteiger charge is 2.14. The monoisotopic (exact) mass is 225 g/mol. The number of carbonyl (C=O) groups excluding carboxylic acids is 1. The fraction of sp³-hybridized carbons (Fsp3) is 0.125. The van der Waals surface area contributed by atoms with Crippen molar-refractivity contribution in [3.63, 3.8) is 0 Å². The molecule has 0 aliphatic carbocycles. The van der Waals surface area contributed by atoms with Crippen molar-refractivity contribution in [1.29, 1.82) is 0 Å². The first kappa shape index (κ1) is 9.42. The number of hydrogen-bond donors (Lipinski definition) is 1. The van der Waals surface area contributed by atoms with Gasteiger partial charge >= 0.3 is 0 Å². The summed E-state index contributed by atoms with van der Waals surface area (Å²) in [4.78, 5) is 12.0. The Labute approximate surface area is 90.0 Å². The van der Waals surface area contributed by atoms with Gasteiger partial charge in [-0.15, -0.1) is 21.5 Å². The van der Waals surface area contributed by atoms with Crippen LogP contribution >= 0.6 is 24.0 Å². The number of aromatic nitrogens is 3. The molecule has 0 amide bonds. The van der Waals surface area contributed by atoms with Crippen LogP contribution in [-0.4, -0.2) is 19.9 Å². The first-order chi connectivity index (χ1) is 6.70. The van der Waals surface area contributed by atoms with Crippen molar-refractivity contribution in [3.05, 3.63) is 23.3 Å². The number of hydrogen-bond acceptors (Lipinski definition) is 4. The van der Waals surface area contributed by atoms with Crippen LogP contribution < -0.4 is 0 Å². The van der Waals surface area contributed by atoms with Crippen LogP contribution in [0.25, 0.3) is 10.7 Å². The molecule has 0 saturated carbocycles. The second-order valence-corrected chi connectivity index (χ2v) is 4.04. The van der Waals surface area contributed by atoms with Crippen LogP contribution in [0.4, 0.5) is 0 Å². The van der Waals surface area contributed by atoms with Gasteiger partial charge in [-0.2, -0.15) is 0 Å². The molecule has 0 bridgehead atoms. The first-order valence-electron chi connectivity index (χ1n) is 3.86. The summed E-state index contributed by atoms with van der Waals surface area (Å²) in [5, 5.41) is 9.28. The molecule has 0 saturated heterocycles. The van der Waals surface area contributed by atoms with Gasteiger partial charge in [0.2, 0.25) is 5.82 Å². The van der Waals surface area contributed by atoms with Gasteiger partial charge in [0.15, 0.2) is 5.82 Å². The third-order valence-electron chi connectivity index (χ3n) is 1.81. The predicted molar refractivity (Wildman–Crippen MR) is 57.6 cm³/mol. The predicted octanol–water partition coefficient (Wildman–Crippen LogP) is 1.61. The van der Waals surface area contributed by atoms with Gasteiger partial charge in [-0.1, -0.05) is 18.7 Å². The summed E-state index contributed by atoms with van der Waals surface area (Å²) in [7, 11) is 1.75. The summed E-state index contributed by atoms with van der Waals surface area (Å²) in [6.07, 6.45) is 0. The lowest BCUT2D eigenvalue weighted by Crippen LogP contribution is -2.02. The lowest BCUT2D eigenvalue weighted by atomic mass is 10.4. The third kappa shape index (κ3) is 1.46. The van der Waals surface area contributed by atoms with Crippen molar-refractivity contribution in [2.24, 2.45) is 7.05 Å². The molecule has 72 valence electrons. The maximum absolute atomic E-state index is 11.0. The molecule has 0 unspecified atom stereocenters. The topological polar surface area (TPSA) is 47.8 Å². The number of rotatable bonds is 2. The number of carbonyl (C=O) groups is 1. The largest absolute Gasteiger partial charge is 0.306 e. The van der Waals surface area contributed by atoms with E-state index in [1.54, 1.807) is 23.0 Å². The highest BCUT2D eigenvalue weighted by Crippen LogP contribution is 2.22. The van der Waals surface area contributed by atoms with Gasteiger partial charge in [-0.25, -0.2) is 0 Å². The van der Waals surface area contributed by atoms with Crippen molar-refractivity contribution in [3.8, 4) is 10.7 Å². The molecule has 14 heavy (non-hydrogen) atoms. The van der Waals surface area contributed by atoms with Crippen LogP contribution in [-0.2, 0) is 7.05 Å². The summed E-state index contributed by atoms with van der Waals surface area (Å²) in [6.45, 7) is 0. The quantitative estimate of drug-likeness (QED) is 0.790. The SMILES string of the molecule is Cn1c(C(=O)S)nnc1-c1cccs1. The molecule has 0 atom stereocenters. The minimum absolute atomic E-state index is 0.261. The molecule has 4 nitrogen and oxygen atoms in total. The van der Waals surface area contributed by atoms with E-state index in [1.807, 2.05) is 17.5 Å². The summed E-state index contributed by atoms with van der Waals surface area (Å²) < 4.78 is 1.64. The molecule has 2 aromatic rings. The van der Waals surface area contributed by atoms with Crippen molar-refractivity contribution in [1.82, 2.24) is 14.8 Å². The summed E-state index contributed by atoms with van der Waals surface area (Å²) in [5.41, 5.74) is 0. The lowest BCUT2D eigenvalue weighted by molar-refractivity contribution is 0.107. The molecule has 0 aliphatic rings. The van der Waals surface area contributed by atoms with Crippen molar-refractivity contribution in [2.75, 3.05) is 0 Å². The maximum atomic E-state index is 11.0. The zero-order valence-corrected chi connectivity index (χ0v) is 9.05. The molecule has 0 spiro atoms. The zero-order chi connectivity index (χ0) is 10.1. The van der Waals surface area contributed by atoms with Gasteiger partial charge in [-0.3, -0.25) is 4.79 Å². The fourth-order valence-electron chi connectivity index (χ4n) is 1.14. The molecule has 2 rings (SSSR count). The summed E-state index contributed by atoms with van der Waals surface area (Å²) in [5.74, 6) is 0.953. The molecule has 0 N–H and O–H groups in total. The Bertz CT molecular complexity index is 461. The Morgan fingerprint density at radius 1 is 1.57 bits per heavy atom. The molecule has 6 heteroatoms. The van der Waals surface area contributed by atoms with Crippen molar-refractivity contribution < 1.29 is 4.79 Å². The average molecular weight is 225 g/mol. The number of thiophene rings is 1. The Morgan fingerprint density at radius 2 is 2.36 bits per heavy atom. The van der Waals surface area contributed by atoms with Crippen LogP contribution in [0.15, 0.2) is 17.5 Å². The van der Waals surface area contributed by atoms with Crippen LogP contribution in [0.3, 0.4) is 0 Å². The highest BCUT2D eigenvalue weighted by atomic mass is 32.1. The third-order valence-corrected chi connectivity index (χ3v) is 2.87. The van der Waals surface area contributed by atoms with Crippen LogP contribution in [0.5, 0.6) is 0 Å². The van der Waals surface area contributed by atoms with Gasteiger partial charge in [0.1, 0.15) is 0 Å². The summed E-state index contributed by atoms with van der Waals surface area (Å²) in [6, 6.07) is 3.86. The second kappa shape index (κ2) is 3.55. The van der Waals surface area contributed by atoms with E-state index < -0.39 is 0 Å². The van der Waals surface area contributed by atoms with E-state index in [1.165, 1.54) is 0 Å². The smallest absolute Gasteiger partial charge is 0.253 e. The Balaban J connectivity index is 2.52. The molecular weight excluding hydrogens is 218 g/mol. The van der Waals surface area contributed by atoms with Gasteiger partial charge in [0.25, 0.3) is 5.12 Å². The van der Waals surface area contributed by atoms with E-state index in [9.17, 15) is 4.79 Å².